The minimum atomic E-state index is -1.07. The van der Waals surface area contributed by atoms with Crippen molar-refractivity contribution in [2.45, 2.75) is 45.3 Å². The van der Waals surface area contributed by atoms with Gasteiger partial charge in [-0.2, -0.15) is 0 Å². The molecule has 0 bridgehead atoms. The van der Waals surface area contributed by atoms with Crippen LogP contribution in [0.1, 0.15) is 49.9 Å². The molecule has 0 spiro atoms. The molecule has 3 rings (SSSR count). The maximum atomic E-state index is 11.8. The van der Waals surface area contributed by atoms with E-state index in [-0.39, 0.29) is 5.41 Å². The monoisotopic (exact) mass is 339 g/mol. The summed E-state index contributed by atoms with van der Waals surface area (Å²) in [5.74, 6) is 0.767. The summed E-state index contributed by atoms with van der Waals surface area (Å²) < 4.78 is 5.89. The van der Waals surface area contributed by atoms with E-state index >= 15 is 0 Å². The zero-order valence-corrected chi connectivity index (χ0v) is 16.0. The first-order valence-electron chi connectivity index (χ1n) is 9.03. The van der Waals surface area contributed by atoms with Crippen molar-refractivity contribution in [1.82, 2.24) is 4.90 Å². The minimum absolute atomic E-state index is 0.00986. The van der Waals surface area contributed by atoms with Gasteiger partial charge >= 0.3 is 0 Å². The first-order valence-corrected chi connectivity index (χ1v) is 9.03. The maximum absolute atomic E-state index is 11.8. The summed E-state index contributed by atoms with van der Waals surface area (Å²) in [6, 6.07) is 14.4. The molecule has 25 heavy (non-hydrogen) atoms. The number of nitrogens with zero attached hydrogens (tertiary/aromatic N) is 1. The van der Waals surface area contributed by atoms with Crippen molar-refractivity contribution in [1.29, 1.82) is 0 Å². The summed E-state index contributed by atoms with van der Waals surface area (Å²) >= 11 is 0. The molecule has 1 aliphatic rings. The van der Waals surface area contributed by atoms with Crippen LogP contribution >= 0.6 is 0 Å². The van der Waals surface area contributed by atoms with Crippen LogP contribution in [0.2, 0.25) is 0 Å². The Morgan fingerprint density at radius 2 is 1.84 bits per heavy atom. The summed E-state index contributed by atoms with van der Waals surface area (Å²) in [5.41, 5.74) is 3.15. The molecule has 3 heteroatoms. The van der Waals surface area contributed by atoms with E-state index in [0.29, 0.717) is 13.2 Å². The largest absolute Gasteiger partial charge is 0.493 e. The van der Waals surface area contributed by atoms with E-state index in [1.165, 1.54) is 11.1 Å². The first kappa shape index (κ1) is 18.0. The predicted octanol–water partition coefficient (Wildman–Crippen LogP) is 4.06. The van der Waals surface area contributed by atoms with E-state index in [1.54, 1.807) is 0 Å². The zero-order chi connectivity index (χ0) is 18.2. The van der Waals surface area contributed by atoms with Crippen LogP contribution < -0.4 is 4.74 Å². The van der Waals surface area contributed by atoms with Crippen LogP contribution in [0.3, 0.4) is 0 Å². The number of aliphatic hydroxyl groups is 1. The third-order valence-corrected chi connectivity index (χ3v) is 4.99. The molecule has 2 aromatic rings. The van der Waals surface area contributed by atoms with Gasteiger partial charge in [-0.3, -0.25) is 4.90 Å². The number of hydrogen-bond donors (Lipinski definition) is 1. The Morgan fingerprint density at radius 1 is 1.12 bits per heavy atom. The van der Waals surface area contributed by atoms with Gasteiger partial charge in [-0.05, 0) is 48.2 Å². The third kappa shape index (κ3) is 3.31. The standard InChI is InChI=1S/C22H29NO2/c1-6-25-20-12-11-17(21(2,3)4)13-19(20)22(24)15-23(5)14-16-9-7-8-10-18(16)22/h7-13,24H,6,14-15H2,1-5H3. The van der Waals surface area contributed by atoms with Crippen molar-refractivity contribution in [3.05, 3.63) is 64.7 Å². The lowest BCUT2D eigenvalue weighted by molar-refractivity contribution is 0.0258. The third-order valence-electron chi connectivity index (χ3n) is 4.99. The van der Waals surface area contributed by atoms with Gasteiger partial charge in [-0.25, -0.2) is 0 Å². The molecule has 0 saturated carbocycles. The van der Waals surface area contributed by atoms with Crippen LogP contribution in [0.25, 0.3) is 0 Å². The average molecular weight is 339 g/mol. The van der Waals surface area contributed by atoms with Crippen LogP contribution in [0.4, 0.5) is 0 Å². The van der Waals surface area contributed by atoms with Gasteiger partial charge in [-0.1, -0.05) is 51.1 Å². The number of rotatable bonds is 3. The number of hydrogen-bond acceptors (Lipinski definition) is 3. The second-order valence-electron chi connectivity index (χ2n) is 8.08. The minimum Gasteiger partial charge on any atom is -0.493 e. The number of ether oxygens (including phenoxy) is 1. The van der Waals surface area contributed by atoms with Gasteiger partial charge in [0, 0.05) is 18.7 Å². The smallest absolute Gasteiger partial charge is 0.131 e. The quantitative estimate of drug-likeness (QED) is 0.915. The van der Waals surface area contributed by atoms with Crippen LogP contribution in [0, 0.1) is 0 Å². The molecule has 134 valence electrons. The second kappa shape index (κ2) is 6.47. The zero-order valence-electron chi connectivity index (χ0n) is 16.0. The highest BCUT2D eigenvalue weighted by molar-refractivity contribution is 5.51. The lowest BCUT2D eigenvalue weighted by atomic mass is 9.77. The van der Waals surface area contributed by atoms with Crippen LogP contribution in [0.15, 0.2) is 42.5 Å². The Bertz CT molecular complexity index is 763. The van der Waals surface area contributed by atoms with E-state index < -0.39 is 5.60 Å². The van der Waals surface area contributed by atoms with Gasteiger partial charge in [0.05, 0.1) is 6.61 Å². The Kier molecular flexibility index (Phi) is 4.65. The molecule has 0 aliphatic carbocycles. The first-order chi connectivity index (χ1) is 11.8. The summed E-state index contributed by atoms with van der Waals surface area (Å²) in [5, 5.41) is 11.8. The van der Waals surface area contributed by atoms with Crippen molar-refractivity contribution in [3.8, 4) is 5.75 Å². The fourth-order valence-corrected chi connectivity index (χ4v) is 3.72. The fourth-order valence-electron chi connectivity index (χ4n) is 3.72. The molecular weight excluding hydrogens is 310 g/mol. The molecule has 0 amide bonds. The second-order valence-corrected chi connectivity index (χ2v) is 8.08. The van der Waals surface area contributed by atoms with Crippen LogP contribution in [0.5, 0.6) is 5.75 Å². The van der Waals surface area contributed by atoms with E-state index in [0.717, 1.165) is 23.4 Å². The van der Waals surface area contributed by atoms with Gasteiger partial charge in [0.15, 0.2) is 0 Å². The molecule has 1 atom stereocenters. The number of benzene rings is 2. The summed E-state index contributed by atoms with van der Waals surface area (Å²) in [6.45, 7) is 10.5. The molecule has 1 unspecified atom stereocenters. The topological polar surface area (TPSA) is 32.7 Å². The maximum Gasteiger partial charge on any atom is 0.131 e. The normalized spacial score (nSPS) is 21.0. The summed E-state index contributed by atoms with van der Waals surface area (Å²) in [7, 11) is 2.05. The Morgan fingerprint density at radius 3 is 2.52 bits per heavy atom. The predicted molar refractivity (Wildman–Crippen MR) is 102 cm³/mol. The van der Waals surface area contributed by atoms with Crippen LogP contribution in [-0.2, 0) is 17.6 Å². The average Bonchev–Trinajstić information content (AvgIpc) is 2.54. The Hall–Kier alpha value is -1.84. The van der Waals surface area contributed by atoms with E-state index in [2.05, 4.69) is 50.9 Å². The summed E-state index contributed by atoms with van der Waals surface area (Å²) in [6.07, 6.45) is 0. The van der Waals surface area contributed by atoms with E-state index in [9.17, 15) is 5.11 Å². The SMILES string of the molecule is CCOc1ccc(C(C)(C)C)cc1C1(O)CN(C)Cc2ccccc21. The lowest BCUT2D eigenvalue weighted by Gasteiger charge is -2.40. The van der Waals surface area contributed by atoms with Gasteiger partial charge in [0.2, 0.25) is 0 Å². The molecule has 1 N–H and O–H groups in total. The van der Waals surface area contributed by atoms with Crippen molar-refractivity contribution in [2.24, 2.45) is 0 Å². The van der Waals surface area contributed by atoms with E-state index in [1.807, 2.05) is 31.2 Å². The summed E-state index contributed by atoms with van der Waals surface area (Å²) in [4.78, 5) is 2.17. The molecule has 0 radical (unpaired) electrons. The molecule has 0 fully saturated rings. The number of β-amino-alcohol motifs (C(OH)–C–C–N with tert-alkyl or cyclic N) is 1. The molecular formula is C22H29NO2. The van der Waals surface area contributed by atoms with Gasteiger partial charge in [0.1, 0.15) is 11.4 Å². The highest BCUT2D eigenvalue weighted by atomic mass is 16.5. The van der Waals surface area contributed by atoms with Gasteiger partial charge in [-0.15, -0.1) is 0 Å². The lowest BCUT2D eigenvalue weighted by Crippen LogP contribution is -2.45. The highest BCUT2D eigenvalue weighted by Gasteiger charge is 2.40. The van der Waals surface area contributed by atoms with Crippen molar-refractivity contribution >= 4 is 0 Å². The van der Waals surface area contributed by atoms with Crippen molar-refractivity contribution < 1.29 is 9.84 Å². The molecule has 3 nitrogen and oxygen atoms in total. The van der Waals surface area contributed by atoms with Crippen molar-refractivity contribution in [3.63, 3.8) is 0 Å². The van der Waals surface area contributed by atoms with E-state index in [4.69, 9.17) is 4.74 Å². The Balaban J connectivity index is 2.23. The van der Waals surface area contributed by atoms with Crippen molar-refractivity contribution in [2.75, 3.05) is 20.2 Å². The Labute approximate surface area is 151 Å². The van der Waals surface area contributed by atoms with Gasteiger partial charge in [0.25, 0.3) is 0 Å². The molecule has 2 aromatic carbocycles. The molecule has 0 aromatic heterocycles. The molecule has 1 aliphatic heterocycles. The molecule has 1 heterocycles. The van der Waals surface area contributed by atoms with Gasteiger partial charge < -0.3 is 9.84 Å². The highest BCUT2D eigenvalue weighted by Crippen LogP contribution is 2.42. The molecule has 0 saturated heterocycles. The fraction of sp³-hybridized carbons (Fsp3) is 0.455. The van der Waals surface area contributed by atoms with Crippen LogP contribution in [-0.4, -0.2) is 30.2 Å². The number of fused-ring (bicyclic) bond motifs is 1. The number of likely N-dealkylation sites (N-methyl/N-ethyl adjacent to an activating group) is 1.